The van der Waals surface area contributed by atoms with Crippen LogP contribution in [0.15, 0.2) is 0 Å². The Balaban J connectivity index is 3.86. The van der Waals surface area contributed by atoms with E-state index < -0.39 is 0 Å². The normalized spacial score (nSPS) is 13.0. The van der Waals surface area contributed by atoms with E-state index in [0.29, 0.717) is 6.42 Å². The quantitative estimate of drug-likeness (QED) is 0.687. The number of carbonyl (C=O) groups excluding carboxylic acids is 1. The lowest BCUT2D eigenvalue weighted by Gasteiger charge is -2.18. The summed E-state index contributed by atoms with van der Waals surface area (Å²) in [6.07, 6.45) is 2.74. The molecule has 0 saturated carbocycles. The zero-order chi connectivity index (χ0) is 10.3. The number of ether oxygens (including phenoxy) is 1. The predicted molar refractivity (Wildman–Crippen MR) is 53.6 cm³/mol. The number of hydrogen-bond acceptors (Lipinski definition) is 2. The summed E-state index contributed by atoms with van der Waals surface area (Å²) in [7, 11) is 1.65. The van der Waals surface area contributed by atoms with Crippen LogP contribution in [-0.4, -0.2) is 25.2 Å². The number of amides is 1. The monoisotopic (exact) mass is 187 g/mol. The van der Waals surface area contributed by atoms with E-state index in [0.717, 1.165) is 12.8 Å². The average molecular weight is 187 g/mol. The van der Waals surface area contributed by atoms with Crippen molar-refractivity contribution in [2.45, 2.75) is 52.2 Å². The molecule has 0 aromatic carbocycles. The van der Waals surface area contributed by atoms with E-state index in [1.54, 1.807) is 7.05 Å². The lowest BCUT2D eigenvalue weighted by atomic mass is 10.1. The first-order valence-corrected chi connectivity index (χ1v) is 4.96. The van der Waals surface area contributed by atoms with Crippen molar-refractivity contribution >= 4 is 5.91 Å². The smallest absolute Gasteiger partial charge is 0.222 e. The molecule has 3 nitrogen and oxygen atoms in total. The third-order valence-electron chi connectivity index (χ3n) is 1.77. The van der Waals surface area contributed by atoms with E-state index in [2.05, 4.69) is 12.2 Å². The van der Waals surface area contributed by atoms with Gasteiger partial charge in [0.2, 0.25) is 5.91 Å². The van der Waals surface area contributed by atoms with Gasteiger partial charge in [0.05, 0.1) is 18.6 Å². The molecule has 13 heavy (non-hydrogen) atoms. The summed E-state index contributed by atoms with van der Waals surface area (Å²) in [4.78, 5) is 11.1. The third kappa shape index (κ3) is 6.58. The molecule has 0 aliphatic rings. The molecule has 78 valence electrons. The Kier molecular flexibility index (Phi) is 6.59. The molecule has 0 radical (unpaired) electrons. The minimum Gasteiger partial charge on any atom is -0.375 e. The van der Waals surface area contributed by atoms with Gasteiger partial charge in [-0.2, -0.15) is 0 Å². The second kappa shape index (κ2) is 6.89. The number of nitrogens with one attached hydrogen (secondary N) is 1. The minimum atomic E-state index is 0.0547. The van der Waals surface area contributed by atoms with E-state index in [-0.39, 0.29) is 18.1 Å². The summed E-state index contributed by atoms with van der Waals surface area (Å²) in [5.41, 5.74) is 0. The number of rotatable bonds is 6. The van der Waals surface area contributed by atoms with Crippen LogP contribution < -0.4 is 5.32 Å². The SMILES string of the molecule is CCCC(CC(=O)NC)OC(C)C. The Labute approximate surface area is 80.8 Å². The second-order valence-corrected chi connectivity index (χ2v) is 3.47. The van der Waals surface area contributed by atoms with Crippen molar-refractivity contribution in [2.24, 2.45) is 0 Å². The zero-order valence-corrected chi connectivity index (χ0v) is 9.09. The number of carbonyl (C=O) groups is 1. The fourth-order valence-electron chi connectivity index (χ4n) is 1.23. The van der Waals surface area contributed by atoms with Crippen LogP contribution in [-0.2, 0) is 9.53 Å². The van der Waals surface area contributed by atoms with Gasteiger partial charge in [-0.1, -0.05) is 13.3 Å². The third-order valence-corrected chi connectivity index (χ3v) is 1.77. The van der Waals surface area contributed by atoms with Crippen molar-refractivity contribution in [3.63, 3.8) is 0 Å². The molecule has 0 aliphatic carbocycles. The fraction of sp³-hybridized carbons (Fsp3) is 0.900. The first-order chi connectivity index (χ1) is 6.10. The topological polar surface area (TPSA) is 38.3 Å². The largest absolute Gasteiger partial charge is 0.375 e. The summed E-state index contributed by atoms with van der Waals surface area (Å²) in [5, 5.41) is 2.61. The van der Waals surface area contributed by atoms with Crippen molar-refractivity contribution < 1.29 is 9.53 Å². The summed E-state index contributed by atoms with van der Waals surface area (Å²) < 4.78 is 5.60. The molecular weight excluding hydrogens is 166 g/mol. The molecule has 0 aromatic rings. The molecule has 1 N–H and O–H groups in total. The van der Waals surface area contributed by atoms with Crippen molar-refractivity contribution in [3.05, 3.63) is 0 Å². The first-order valence-electron chi connectivity index (χ1n) is 4.96. The molecule has 0 aromatic heterocycles. The van der Waals surface area contributed by atoms with Crippen molar-refractivity contribution in [2.75, 3.05) is 7.05 Å². The Morgan fingerprint density at radius 2 is 2.08 bits per heavy atom. The van der Waals surface area contributed by atoms with Crippen molar-refractivity contribution in [1.82, 2.24) is 5.32 Å². The van der Waals surface area contributed by atoms with Gasteiger partial charge in [-0.15, -0.1) is 0 Å². The van der Waals surface area contributed by atoms with Gasteiger partial charge in [-0.3, -0.25) is 4.79 Å². The maximum absolute atomic E-state index is 11.1. The van der Waals surface area contributed by atoms with Crippen LogP contribution in [0.3, 0.4) is 0 Å². The maximum atomic E-state index is 11.1. The molecular formula is C10H21NO2. The van der Waals surface area contributed by atoms with Crippen LogP contribution in [0.1, 0.15) is 40.0 Å². The first kappa shape index (κ1) is 12.4. The van der Waals surface area contributed by atoms with E-state index >= 15 is 0 Å². The second-order valence-electron chi connectivity index (χ2n) is 3.47. The van der Waals surface area contributed by atoms with Crippen LogP contribution in [0.2, 0.25) is 0 Å². The molecule has 0 saturated heterocycles. The van der Waals surface area contributed by atoms with Gasteiger partial charge in [0.25, 0.3) is 0 Å². The van der Waals surface area contributed by atoms with Gasteiger partial charge >= 0.3 is 0 Å². The Morgan fingerprint density at radius 1 is 1.46 bits per heavy atom. The molecule has 0 heterocycles. The van der Waals surface area contributed by atoms with Crippen molar-refractivity contribution in [1.29, 1.82) is 0 Å². The highest BCUT2D eigenvalue weighted by molar-refractivity contribution is 5.76. The molecule has 1 atom stereocenters. The Hall–Kier alpha value is -0.570. The summed E-state index contributed by atoms with van der Waals surface area (Å²) in [5.74, 6) is 0.0547. The lowest BCUT2D eigenvalue weighted by molar-refractivity contribution is -0.124. The van der Waals surface area contributed by atoms with E-state index in [1.807, 2.05) is 13.8 Å². The van der Waals surface area contributed by atoms with Gasteiger partial charge < -0.3 is 10.1 Å². The minimum absolute atomic E-state index is 0.0547. The molecule has 0 rings (SSSR count). The zero-order valence-electron chi connectivity index (χ0n) is 9.09. The van der Waals surface area contributed by atoms with Crippen LogP contribution >= 0.6 is 0 Å². The number of hydrogen-bond donors (Lipinski definition) is 1. The van der Waals surface area contributed by atoms with Crippen LogP contribution in [0, 0.1) is 0 Å². The predicted octanol–water partition coefficient (Wildman–Crippen LogP) is 1.72. The van der Waals surface area contributed by atoms with Gasteiger partial charge in [-0.25, -0.2) is 0 Å². The van der Waals surface area contributed by atoms with E-state index in [9.17, 15) is 4.79 Å². The van der Waals surface area contributed by atoms with Gasteiger partial charge in [0.1, 0.15) is 0 Å². The molecule has 0 bridgehead atoms. The van der Waals surface area contributed by atoms with Gasteiger partial charge in [0.15, 0.2) is 0 Å². The van der Waals surface area contributed by atoms with E-state index in [4.69, 9.17) is 4.74 Å². The highest BCUT2D eigenvalue weighted by Gasteiger charge is 2.13. The highest BCUT2D eigenvalue weighted by atomic mass is 16.5. The average Bonchev–Trinajstić information content (AvgIpc) is 2.03. The molecule has 0 spiro atoms. The van der Waals surface area contributed by atoms with Gasteiger partial charge in [-0.05, 0) is 20.3 Å². The van der Waals surface area contributed by atoms with Crippen LogP contribution in [0.25, 0.3) is 0 Å². The lowest BCUT2D eigenvalue weighted by Crippen LogP contribution is -2.27. The summed E-state index contributed by atoms with van der Waals surface area (Å²) in [6.45, 7) is 6.08. The molecule has 3 heteroatoms. The standard InChI is InChI=1S/C10H21NO2/c1-5-6-9(13-8(2)3)7-10(12)11-4/h8-9H,5-7H2,1-4H3,(H,11,12). The maximum Gasteiger partial charge on any atom is 0.222 e. The van der Waals surface area contributed by atoms with Gasteiger partial charge in [0, 0.05) is 7.05 Å². The summed E-state index contributed by atoms with van der Waals surface area (Å²) >= 11 is 0. The Bertz CT molecular complexity index is 146. The van der Waals surface area contributed by atoms with E-state index in [1.165, 1.54) is 0 Å². The van der Waals surface area contributed by atoms with Crippen LogP contribution in [0.4, 0.5) is 0 Å². The molecule has 1 amide bonds. The van der Waals surface area contributed by atoms with Crippen molar-refractivity contribution in [3.8, 4) is 0 Å². The summed E-state index contributed by atoms with van der Waals surface area (Å²) in [6, 6.07) is 0. The fourth-order valence-corrected chi connectivity index (χ4v) is 1.23. The van der Waals surface area contributed by atoms with Crippen LogP contribution in [0.5, 0.6) is 0 Å². The molecule has 0 aliphatic heterocycles. The highest BCUT2D eigenvalue weighted by Crippen LogP contribution is 2.09. The molecule has 0 fully saturated rings. The molecule has 1 unspecified atom stereocenters. The Morgan fingerprint density at radius 3 is 2.46 bits per heavy atom.